The normalized spacial score (nSPS) is 33.2. The van der Waals surface area contributed by atoms with Gasteiger partial charge in [0.2, 0.25) is 10.0 Å². The minimum absolute atomic E-state index is 0.128. The highest BCUT2D eigenvalue weighted by molar-refractivity contribution is 7.90. The molecule has 1 saturated carbocycles. The largest absolute Gasteiger partial charge is 0.490 e. The molecule has 3 aliphatic heterocycles. The summed E-state index contributed by atoms with van der Waals surface area (Å²) in [5.41, 5.74) is 3.40. The first-order valence-electron chi connectivity index (χ1n) is 18.5. The Hall–Kier alpha value is -2.63. The van der Waals surface area contributed by atoms with Gasteiger partial charge in [-0.2, -0.15) is 0 Å². The lowest BCUT2D eigenvalue weighted by Gasteiger charge is -2.46. The Labute approximate surface area is 302 Å². The summed E-state index contributed by atoms with van der Waals surface area (Å²) in [4.78, 5) is 15.9. The highest BCUT2D eigenvalue weighted by atomic mass is 35.5. The minimum Gasteiger partial charge on any atom is -0.490 e. The first-order valence-corrected chi connectivity index (χ1v) is 20.4. The molecule has 1 N–H and O–H groups in total. The van der Waals surface area contributed by atoms with Gasteiger partial charge >= 0.3 is 0 Å². The third-order valence-corrected chi connectivity index (χ3v) is 14.0. The van der Waals surface area contributed by atoms with Crippen molar-refractivity contribution in [1.82, 2.24) is 4.72 Å². The second-order valence-electron chi connectivity index (χ2n) is 15.1. The van der Waals surface area contributed by atoms with E-state index in [2.05, 4.69) is 33.9 Å². The molecule has 7 atom stereocenters. The quantitative estimate of drug-likeness (QED) is 0.265. The van der Waals surface area contributed by atoms with Crippen molar-refractivity contribution < 1.29 is 32.2 Å². The van der Waals surface area contributed by atoms with Gasteiger partial charge in [-0.15, -0.1) is 0 Å². The van der Waals surface area contributed by atoms with E-state index in [1.807, 2.05) is 25.1 Å². The lowest BCUT2D eigenvalue weighted by atomic mass is 9.68. The van der Waals surface area contributed by atoms with E-state index in [1.165, 1.54) is 11.1 Å². The van der Waals surface area contributed by atoms with Crippen molar-refractivity contribution in [1.29, 1.82) is 0 Å². The van der Waals surface area contributed by atoms with Crippen molar-refractivity contribution >= 4 is 33.2 Å². The van der Waals surface area contributed by atoms with E-state index in [1.54, 1.807) is 13.0 Å². The van der Waals surface area contributed by atoms with Crippen LogP contribution in [0.5, 0.6) is 5.75 Å². The van der Waals surface area contributed by atoms with Crippen molar-refractivity contribution in [2.45, 2.75) is 94.7 Å². The van der Waals surface area contributed by atoms with Gasteiger partial charge in [0.05, 0.1) is 36.9 Å². The van der Waals surface area contributed by atoms with Crippen LogP contribution in [0.2, 0.25) is 5.02 Å². The molecule has 1 spiro atoms. The molecule has 2 fully saturated rings. The number of hydrogen-bond acceptors (Lipinski definition) is 8. The molecule has 2 aromatic carbocycles. The van der Waals surface area contributed by atoms with Crippen LogP contribution in [-0.2, 0) is 36.1 Å². The van der Waals surface area contributed by atoms with Gasteiger partial charge in [0.15, 0.2) is 6.29 Å². The SMILES string of the molecule is C[C@@H]1[C@@H](C)C/C=C\[C@H](OCCO[C@H]2CCCCO2)[C@@H]2CC[C@H]2CN2C[C@@]3(CCCc4cc(Cl)ccc43)COc3ccc(cc32)C(=O)NS1(=O)=O. The van der Waals surface area contributed by atoms with E-state index in [0.29, 0.717) is 50.0 Å². The summed E-state index contributed by atoms with van der Waals surface area (Å²) in [6.45, 7) is 7.22. The van der Waals surface area contributed by atoms with E-state index in [4.69, 9.17) is 30.5 Å². The predicted octanol–water partition coefficient (Wildman–Crippen LogP) is 6.81. The second-order valence-corrected chi connectivity index (χ2v) is 17.6. The molecule has 50 heavy (non-hydrogen) atoms. The number of allylic oxidation sites excluding steroid dienone is 1. The van der Waals surface area contributed by atoms with Crippen LogP contribution in [0, 0.1) is 17.8 Å². The van der Waals surface area contributed by atoms with Gasteiger partial charge in [-0.25, -0.2) is 13.1 Å². The number of rotatable bonds is 5. The van der Waals surface area contributed by atoms with Gasteiger partial charge < -0.3 is 23.8 Å². The number of nitrogens with one attached hydrogen (secondary N) is 1. The number of carbonyl (C=O) groups is 1. The molecule has 0 unspecified atom stereocenters. The number of benzene rings is 2. The van der Waals surface area contributed by atoms with Crippen LogP contribution >= 0.6 is 11.6 Å². The summed E-state index contributed by atoms with van der Waals surface area (Å²) in [6.07, 6.45) is 12.7. The van der Waals surface area contributed by atoms with Crippen molar-refractivity contribution in [3.63, 3.8) is 0 Å². The van der Waals surface area contributed by atoms with E-state index in [0.717, 1.165) is 75.2 Å². The zero-order valence-electron chi connectivity index (χ0n) is 29.3. The number of fused-ring (bicyclic) bond motifs is 4. The smallest absolute Gasteiger partial charge is 0.264 e. The van der Waals surface area contributed by atoms with Crippen LogP contribution in [-0.4, -0.2) is 71.5 Å². The number of halogens is 1. The summed E-state index contributed by atoms with van der Waals surface area (Å²) >= 11 is 6.46. The topological polar surface area (TPSA) is 103 Å². The standard InChI is InChI=1S/C39H51ClN2O7S/c1-26-7-5-9-35(46-19-20-48-37-10-3-4-18-47-37)32-14-11-30(32)23-42-24-39(17-6-8-28-21-31(40)13-15-33(28)39)25-49-36-16-12-29(22-34(36)42)38(43)41-50(44,45)27(26)2/h5,9,12-13,15-16,21-22,26-27,30,32,35,37H,3-4,6-8,10-11,14,17-20,23-25H2,1-2H3,(H,41,43)/b9-5-/t26-,27+,30-,32+,35-,37-,39-/m0/s1. The molecule has 272 valence electrons. The van der Waals surface area contributed by atoms with Crippen LogP contribution in [0.15, 0.2) is 48.6 Å². The molecule has 0 radical (unpaired) electrons. The molecule has 7 rings (SSSR count). The number of nitrogens with zero attached hydrogens (tertiary/aromatic N) is 1. The maximum absolute atomic E-state index is 13.5. The monoisotopic (exact) mass is 726 g/mol. The molecule has 2 bridgehead atoms. The van der Waals surface area contributed by atoms with Gasteiger partial charge in [-0.3, -0.25) is 4.79 Å². The number of aryl methyl sites for hydroxylation is 1. The Kier molecular flexibility index (Phi) is 10.8. The molecule has 1 saturated heterocycles. The first kappa shape index (κ1) is 35.8. The molecule has 5 aliphatic rings. The van der Waals surface area contributed by atoms with E-state index in [9.17, 15) is 13.2 Å². The van der Waals surface area contributed by atoms with E-state index in [-0.39, 0.29) is 29.6 Å². The zero-order chi connectivity index (χ0) is 34.9. The van der Waals surface area contributed by atoms with Gasteiger partial charge in [0, 0.05) is 35.7 Å². The maximum atomic E-state index is 13.5. The van der Waals surface area contributed by atoms with Crippen molar-refractivity contribution in [3.8, 4) is 5.75 Å². The van der Waals surface area contributed by atoms with Crippen molar-refractivity contribution in [2.75, 3.05) is 44.4 Å². The summed E-state index contributed by atoms with van der Waals surface area (Å²) < 4.78 is 54.2. The Morgan fingerprint density at radius 1 is 1.04 bits per heavy atom. The lowest BCUT2D eigenvalue weighted by molar-refractivity contribution is -0.172. The molecule has 11 heteroatoms. The van der Waals surface area contributed by atoms with Gasteiger partial charge in [0.25, 0.3) is 5.91 Å². The van der Waals surface area contributed by atoms with Gasteiger partial charge in [0.1, 0.15) is 5.75 Å². The summed E-state index contributed by atoms with van der Waals surface area (Å²) in [5, 5.41) is -0.0323. The van der Waals surface area contributed by atoms with Crippen molar-refractivity contribution in [2.24, 2.45) is 17.8 Å². The summed E-state index contributed by atoms with van der Waals surface area (Å²) in [6, 6.07) is 11.6. The Bertz CT molecular complexity index is 1680. The predicted molar refractivity (Wildman–Crippen MR) is 194 cm³/mol. The number of amides is 1. The molecule has 1 amide bonds. The number of anilines is 1. The number of ether oxygens (including phenoxy) is 4. The highest BCUT2D eigenvalue weighted by Crippen LogP contribution is 2.47. The summed E-state index contributed by atoms with van der Waals surface area (Å²) in [5.74, 6) is 0.507. The molecule has 3 heterocycles. The average Bonchev–Trinajstić information content (AvgIpc) is 3.24. The van der Waals surface area contributed by atoms with Crippen LogP contribution in [0.3, 0.4) is 0 Å². The third-order valence-electron chi connectivity index (χ3n) is 11.8. The first-order chi connectivity index (χ1) is 24.1. The fourth-order valence-electron chi connectivity index (χ4n) is 8.53. The third kappa shape index (κ3) is 7.61. The van der Waals surface area contributed by atoms with Crippen molar-refractivity contribution in [3.05, 3.63) is 70.3 Å². The average molecular weight is 727 g/mol. The molecule has 9 nitrogen and oxygen atoms in total. The fraction of sp³-hybridized carbons (Fsp3) is 0.615. The summed E-state index contributed by atoms with van der Waals surface area (Å²) in [7, 11) is -3.94. The molecule has 2 aromatic rings. The van der Waals surface area contributed by atoms with E-state index >= 15 is 0 Å². The number of carbonyl (C=O) groups excluding carboxylic acids is 1. The van der Waals surface area contributed by atoms with Crippen LogP contribution in [0.4, 0.5) is 5.69 Å². The Morgan fingerprint density at radius 2 is 1.90 bits per heavy atom. The Balaban J connectivity index is 1.21. The van der Waals surface area contributed by atoms with Crippen LogP contribution in [0.25, 0.3) is 0 Å². The number of sulfonamides is 1. The maximum Gasteiger partial charge on any atom is 0.264 e. The second kappa shape index (κ2) is 15.2. The number of hydrogen-bond donors (Lipinski definition) is 1. The van der Waals surface area contributed by atoms with Gasteiger partial charge in [-0.05, 0) is 124 Å². The zero-order valence-corrected chi connectivity index (χ0v) is 30.9. The minimum atomic E-state index is -3.94. The van der Waals surface area contributed by atoms with Gasteiger partial charge in [-0.1, -0.05) is 36.7 Å². The Morgan fingerprint density at radius 3 is 2.70 bits per heavy atom. The van der Waals surface area contributed by atoms with Crippen LogP contribution < -0.4 is 14.4 Å². The molecular formula is C39H51ClN2O7S. The molecule has 2 aliphatic carbocycles. The van der Waals surface area contributed by atoms with E-state index < -0.39 is 21.2 Å². The molecular weight excluding hydrogens is 676 g/mol. The lowest BCUT2D eigenvalue weighted by Crippen LogP contribution is -2.49. The highest BCUT2D eigenvalue weighted by Gasteiger charge is 2.44. The molecule has 0 aromatic heterocycles. The van der Waals surface area contributed by atoms with Crippen LogP contribution in [0.1, 0.15) is 86.7 Å². The fourth-order valence-corrected chi connectivity index (χ4v) is 10.0.